The highest BCUT2D eigenvalue weighted by atomic mass is 32.1. The van der Waals surface area contributed by atoms with E-state index in [1.54, 1.807) is 11.3 Å². The fourth-order valence-corrected chi connectivity index (χ4v) is 6.48. The van der Waals surface area contributed by atoms with Crippen molar-refractivity contribution in [3.8, 4) is 5.69 Å². The van der Waals surface area contributed by atoms with E-state index in [0.717, 1.165) is 51.7 Å². The fourth-order valence-electron chi connectivity index (χ4n) is 5.36. The number of anilines is 1. The molecule has 2 atom stereocenters. The van der Waals surface area contributed by atoms with E-state index in [0.29, 0.717) is 5.92 Å². The SMILES string of the molecule is Cc1ccc2c(c1)C1CN(C)CCC1N2C(=O)c1cc2c(C)nn(-c3ccccc3)c2s1. The number of thiophene rings is 1. The zero-order valence-electron chi connectivity index (χ0n) is 18.6. The van der Waals surface area contributed by atoms with Gasteiger partial charge in [-0.3, -0.25) is 4.79 Å². The molecule has 2 unspecified atom stereocenters. The van der Waals surface area contributed by atoms with Gasteiger partial charge in [-0.25, -0.2) is 4.68 Å². The Hall–Kier alpha value is -2.96. The molecular weight excluding hydrogens is 416 g/mol. The van der Waals surface area contributed by atoms with Crippen LogP contribution in [0.2, 0.25) is 0 Å². The maximum absolute atomic E-state index is 14.0. The van der Waals surface area contributed by atoms with Gasteiger partial charge in [-0.2, -0.15) is 5.10 Å². The molecule has 0 N–H and O–H groups in total. The number of nitrogens with zero attached hydrogens (tertiary/aromatic N) is 4. The van der Waals surface area contributed by atoms with E-state index in [2.05, 4.69) is 54.1 Å². The Morgan fingerprint density at radius 2 is 1.91 bits per heavy atom. The predicted octanol–water partition coefficient (Wildman–Crippen LogP) is 5.15. The third kappa shape index (κ3) is 2.93. The molecule has 32 heavy (non-hydrogen) atoms. The molecule has 6 rings (SSSR count). The molecule has 2 aliphatic rings. The van der Waals surface area contributed by atoms with Crippen LogP contribution in [0.1, 0.15) is 38.8 Å². The van der Waals surface area contributed by atoms with Gasteiger partial charge in [0.2, 0.25) is 0 Å². The lowest BCUT2D eigenvalue weighted by molar-refractivity contribution is 0.0968. The van der Waals surface area contributed by atoms with Crippen LogP contribution < -0.4 is 4.90 Å². The predicted molar refractivity (Wildman–Crippen MR) is 130 cm³/mol. The van der Waals surface area contributed by atoms with E-state index in [4.69, 9.17) is 5.10 Å². The van der Waals surface area contributed by atoms with E-state index >= 15 is 0 Å². The van der Waals surface area contributed by atoms with Gasteiger partial charge < -0.3 is 9.80 Å². The lowest BCUT2D eigenvalue weighted by atomic mass is 9.89. The van der Waals surface area contributed by atoms with Crippen molar-refractivity contribution in [2.75, 3.05) is 25.0 Å². The molecule has 0 saturated carbocycles. The first-order valence-electron chi connectivity index (χ1n) is 11.2. The summed E-state index contributed by atoms with van der Waals surface area (Å²) in [5.41, 5.74) is 5.63. The number of likely N-dealkylation sites (N-methyl/N-ethyl adjacent to an activating group) is 1. The van der Waals surface area contributed by atoms with Gasteiger partial charge in [-0.15, -0.1) is 11.3 Å². The molecule has 5 nitrogen and oxygen atoms in total. The quantitative estimate of drug-likeness (QED) is 0.431. The summed E-state index contributed by atoms with van der Waals surface area (Å²) in [4.78, 5) is 20.2. The van der Waals surface area contributed by atoms with E-state index in [1.165, 1.54) is 11.1 Å². The average molecular weight is 443 g/mol. The zero-order chi connectivity index (χ0) is 22.0. The minimum atomic E-state index is 0.118. The van der Waals surface area contributed by atoms with Gasteiger partial charge >= 0.3 is 0 Å². The van der Waals surface area contributed by atoms with Crippen LogP contribution in [0.25, 0.3) is 15.9 Å². The maximum Gasteiger partial charge on any atom is 0.268 e. The highest BCUT2D eigenvalue weighted by Gasteiger charge is 2.44. The molecule has 4 aromatic rings. The van der Waals surface area contributed by atoms with Gasteiger partial charge in [-0.1, -0.05) is 35.9 Å². The molecule has 162 valence electrons. The summed E-state index contributed by atoms with van der Waals surface area (Å²) in [5.74, 6) is 0.496. The number of hydrogen-bond acceptors (Lipinski definition) is 4. The molecule has 0 radical (unpaired) electrons. The van der Waals surface area contributed by atoms with Crippen LogP contribution in [-0.2, 0) is 0 Å². The molecule has 1 saturated heterocycles. The number of piperidine rings is 1. The van der Waals surface area contributed by atoms with Crippen LogP contribution in [0.5, 0.6) is 0 Å². The lowest BCUT2D eigenvalue weighted by Gasteiger charge is -2.36. The molecule has 1 fully saturated rings. The second-order valence-electron chi connectivity index (χ2n) is 9.12. The summed E-state index contributed by atoms with van der Waals surface area (Å²) >= 11 is 1.55. The molecule has 0 aliphatic carbocycles. The topological polar surface area (TPSA) is 41.4 Å². The van der Waals surface area contributed by atoms with Gasteiger partial charge in [0.05, 0.1) is 16.3 Å². The van der Waals surface area contributed by atoms with Crippen molar-refractivity contribution in [1.29, 1.82) is 0 Å². The smallest absolute Gasteiger partial charge is 0.268 e. The summed E-state index contributed by atoms with van der Waals surface area (Å²) in [6, 6.07) is 19.0. The van der Waals surface area contributed by atoms with Crippen LogP contribution >= 0.6 is 11.3 Å². The Kier molecular flexibility index (Phi) is 4.49. The third-order valence-electron chi connectivity index (χ3n) is 6.93. The summed E-state index contributed by atoms with van der Waals surface area (Å²) < 4.78 is 1.96. The van der Waals surface area contributed by atoms with Gasteiger partial charge in [0, 0.05) is 29.6 Å². The number of aryl methyl sites for hydroxylation is 2. The second kappa shape index (κ2) is 7.29. The molecule has 0 spiro atoms. The van der Waals surface area contributed by atoms with Crippen molar-refractivity contribution in [2.45, 2.75) is 32.2 Å². The number of carbonyl (C=O) groups excluding carboxylic acids is 1. The molecule has 2 aromatic carbocycles. The Balaban J connectivity index is 1.44. The number of likely N-dealkylation sites (tertiary alicyclic amines) is 1. The summed E-state index contributed by atoms with van der Waals surface area (Å²) in [6.07, 6.45) is 1.00. The van der Waals surface area contributed by atoms with Crippen LogP contribution in [0, 0.1) is 13.8 Å². The number of hydrogen-bond donors (Lipinski definition) is 0. The first kappa shape index (κ1) is 19.7. The number of aromatic nitrogens is 2. The van der Waals surface area contributed by atoms with E-state index < -0.39 is 0 Å². The summed E-state index contributed by atoms with van der Waals surface area (Å²) in [7, 11) is 2.18. The fraction of sp³-hybridized carbons (Fsp3) is 0.308. The van der Waals surface area contributed by atoms with Gasteiger partial charge in [0.1, 0.15) is 4.83 Å². The number of amides is 1. The van der Waals surface area contributed by atoms with Crippen LogP contribution in [0.15, 0.2) is 54.6 Å². The van der Waals surface area contributed by atoms with Crippen LogP contribution in [-0.4, -0.2) is 46.8 Å². The molecular formula is C26H26N4OS. The Bertz CT molecular complexity index is 1340. The number of benzene rings is 2. The minimum absolute atomic E-state index is 0.118. The molecule has 2 aromatic heterocycles. The van der Waals surface area contributed by atoms with Crippen LogP contribution in [0.4, 0.5) is 5.69 Å². The number of para-hydroxylation sites is 1. The van der Waals surface area contributed by atoms with Crippen molar-refractivity contribution in [3.63, 3.8) is 0 Å². The standard InChI is InChI=1S/C26H26N4OS/c1-16-9-10-22-20(13-16)21-15-28(3)12-11-23(21)29(22)25(31)24-14-19-17(2)27-30(26(19)32-24)18-7-5-4-6-8-18/h4-10,13-14,21,23H,11-12,15H2,1-3H3. The Labute approximate surface area is 191 Å². The molecule has 1 amide bonds. The molecule has 6 heteroatoms. The second-order valence-corrected chi connectivity index (χ2v) is 10.2. The van der Waals surface area contributed by atoms with Crippen molar-refractivity contribution in [1.82, 2.24) is 14.7 Å². The third-order valence-corrected chi connectivity index (χ3v) is 8.03. The van der Waals surface area contributed by atoms with Crippen molar-refractivity contribution >= 4 is 33.1 Å². The minimum Gasteiger partial charge on any atom is -0.306 e. The Morgan fingerprint density at radius 3 is 2.72 bits per heavy atom. The van der Waals surface area contributed by atoms with Crippen LogP contribution in [0.3, 0.4) is 0 Å². The molecule has 0 bridgehead atoms. The summed E-state index contributed by atoms with van der Waals surface area (Å²) in [5, 5.41) is 5.79. The Morgan fingerprint density at radius 1 is 1.09 bits per heavy atom. The largest absolute Gasteiger partial charge is 0.306 e. The number of fused-ring (bicyclic) bond motifs is 4. The van der Waals surface area contributed by atoms with Gasteiger partial charge in [-0.05, 0) is 63.7 Å². The van der Waals surface area contributed by atoms with E-state index in [-0.39, 0.29) is 11.9 Å². The first-order chi connectivity index (χ1) is 15.5. The van der Waals surface area contributed by atoms with Gasteiger partial charge in [0.25, 0.3) is 5.91 Å². The van der Waals surface area contributed by atoms with E-state index in [9.17, 15) is 4.79 Å². The monoisotopic (exact) mass is 442 g/mol. The van der Waals surface area contributed by atoms with E-state index in [1.807, 2.05) is 35.9 Å². The van der Waals surface area contributed by atoms with Crippen molar-refractivity contribution < 1.29 is 4.79 Å². The molecule has 4 heterocycles. The normalized spacial score (nSPS) is 20.5. The lowest BCUT2D eigenvalue weighted by Crippen LogP contribution is -2.47. The average Bonchev–Trinajstić information content (AvgIpc) is 3.45. The first-order valence-corrected chi connectivity index (χ1v) is 12.0. The summed E-state index contributed by atoms with van der Waals surface area (Å²) in [6.45, 7) is 6.17. The molecule has 2 aliphatic heterocycles. The maximum atomic E-state index is 14.0. The highest BCUT2D eigenvalue weighted by Crippen LogP contribution is 2.46. The van der Waals surface area contributed by atoms with Crippen molar-refractivity contribution in [3.05, 3.63) is 76.3 Å². The van der Waals surface area contributed by atoms with Gasteiger partial charge in [0.15, 0.2) is 0 Å². The number of carbonyl (C=O) groups is 1. The van der Waals surface area contributed by atoms with Crippen molar-refractivity contribution in [2.24, 2.45) is 0 Å². The zero-order valence-corrected chi connectivity index (χ0v) is 19.4. The highest BCUT2D eigenvalue weighted by molar-refractivity contribution is 7.20. The number of rotatable bonds is 2.